The van der Waals surface area contributed by atoms with Crippen molar-refractivity contribution < 1.29 is 13.2 Å². The Morgan fingerprint density at radius 2 is 1.73 bits per heavy atom. The van der Waals surface area contributed by atoms with Crippen molar-refractivity contribution >= 4 is 0 Å². The highest BCUT2D eigenvalue weighted by Crippen LogP contribution is 2.47. The van der Waals surface area contributed by atoms with Crippen LogP contribution in [0.1, 0.15) is 33.6 Å². The molecule has 0 saturated heterocycles. The Morgan fingerprint density at radius 1 is 1.20 bits per heavy atom. The van der Waals surface area contributed by atoms with Gasteiger partial charge in [0.15, 0.2) is 0 Å². The maximum absolute atomic E-state index is 12.9. The summed E-state index contributed by atoms with van der Waals surface area (Å²) in [6, 6.07) is -0.0639. The van der Waals surface area contributed by atoms with Crippen LogP contribution >= 0.6 is 0 Å². The van der Waals surface area contributed by atoms with Crippen molar-refractivity contribution in [1.29, 1.82) is 0 Å². The van der Waals surface area contributed by atoms with Crippen LogP contribution in [0.4, 0.5) is 13.2 Å². The zero-order valence-electron chi connectivity index (χ0n) is 9.51. The normalized spacial score (nSPS) is 38.4. The number of rotatable bonds is 1. The van der Waals surface area contributed by atoms with Gasteiger partial charge in [0, 0.05) is 6.04 Å². The van der Waals surface area contributed by atoms with E-state index in [1.165, 1.54) is 0 Å². The fourth-order valence-corrected chi connectivity index (χ4v) is 2.89. The topological polar surface area (TPSA) is 26.0 Å². The third kappa shape index (κ3) is 2.86. The van der Waals surface area contributed by atoms with Crippen LogP contribution in [0.25, 0.3) is 0 Å². The Hall–Kier alpha value is -0.250. The Balaban J connectivity index is 2.88. The second kappa shape index (κ2) is 4.32. The average molecular weight is 223 g/mol. The van der Waals surface area contributed by atoms with E-state index in [1.807, 2.05) is 13.8 Å². The van der Waals surface area contributed by atoms with E-state index < -0.39 is 12.1 Å². The Kier molecular flexibility index (Phi) is 3.69. The number of alkyl halides is 3. The molecule has 0 bridgehead atoms. The minimum atomic E-state index is -4.07. The van der Waals surface area contributed by atoms with E-state index in [4.69, 9.17) is 5.73 Å². The molecule has 0 aliphatic heterocycles. The Morgan fingerprint density at radius 3 is 2.13 bits per heavy atom. The fraction of sp³-hybridized carbons (Fsp3) is 1.00. The zero-order valence-corrected chi connectivity index (χ0v) is 9.51. The van der Waals surface area contributed by atoms with Crippen molar-refractivity contribution in [3.05, 3.63) is 0 Å². The first-order chi connectivity index (χ1) is 6.73. The lowest BCUT2D eigenvalue weighted by molar-refractivity contribution is -0.215. The number of hydrogen-bond donors (Lipinski definition) is 1. The van der Waals surface area contributed by atoms with Gasteiger partial charge in [0.1, 0.15) is 0 Å². The summed E-state index contributed by atoms with van der Waals surface area (Å²) in [5, 5.41) is 0. The molecule has 15 heavy (non-hydrogen) atoms. The van der Waals surface area contributed by atoms with Gasteiger partial charge in [-0.3, -0.25) is 0 Å². The predicted octanol–water partition coefficient (Wildman–Crippen LogP) is 3.19. The fourth-order valence-electron chi connectivity index (χ4n) is 2.89. The molecular formula is C11H20F3N. The van der Waals surface area contributed by atoms with Crippen LogP contribution in [0.2, 0.25) is 0 Å². The van der Waals surface area contributed by atoms with Crippen LogP contribution in [0.15, 0.2) is 0 Å². The molecule has 1 saturated carbocycles. The summed E-state index contributed by atoms with van der Waals surface area (Å²) in [4.78, 5) is 0. The molecule has 0 aromatic carbocycles. The minimum Gasteiger partial charge on any atom is -0.328 e. The van der Waals surface area contributed by atoms with Gasteiger partial charge in [0.05, 0.1) is 5.92 Å². The molecule has 1 aliphatic rings. The Bertz CT molecular complexity index is 212. The molecule has 0 amide bonds. The van der Waals surface area contributed by atoms with Crippen LogP contribution in [0.5, 0.6) is 0 Å². The van der Waals surface area contributed by atoms with Crippen LogP contribution in [-0.4, -0.2) is 12.2 Å². The molecule has 4 unspecified atom stereocenters. The van der Waals surface area contributed by atoms with E-state index >= 15 is 0 Å². The van der Waals surface area contributed by atoms with Gasteiger partial charge in [0.25, 0.3) is 0 Å². The molecule has 4 atom stereocenters. The number of halogens is 3. The van der Waals surface area contributed by atoms with Crippen molar-refractivity contribution in [3.63, 3.8) is 0 Å². The molecule has 0 heterocycles. The lowest BCUT2D eigenvalue weighted by atomic mass is 9.66. The molecule has 1 aliphatic carbocycles. The SMILES string of the molecule is CC(C)C1CC(N)CC(C)C1C(F)(F)F. The van der Waals surface area contributed by atoms with Gasteiger partial charge in [-0.2, -0.15) is 13.2 Å². The standard InChI is InChI=1S/C11H20F3N/c1-6(2)9-5-8(15)4-7(3)10(9)11(12,13)14/h6-10H,4-5,15H2,1-3H3. The highest BCUT2D eigenvalue weighted by Gasteiger charge is 2.50. The molecule has 1 fully saturated rings. The van der Waals surface area contributed by atoms with Crippen molar-refractivity contribution in [3.8, 4) is 0 Å². The molecule has 2 N–H and O–H groups in total. The quantitative estimate of drug-likeness (QED) is 0.725. The summed E-state index contributed by atoms with van der Waals surface area (Å²) < 4.78 is 38.7. The summed E-state index contributed by atoms with van der Waals surface area (Å²) >= 11 is 0. The van der Waals surface area contributed by atoms with Crippen molar-refractivity contribution in [2.24, 2.45) is 29.4 Å². The van der Waals surface area contributed by atoms with E-state index in [0.717, 1.165) is 0 Å². The van der Waals surface area contributed by atoms with Crippen LogP contribution in [0, 0.1) is 23.7 Å². The van der Waals surface area contributed by atoms with Gasteiger partial charge in [-0.25, -0.2) is 0 Å². The first kappa shape index (κ1) is 12.8. The number of hydrogen-bond acceptors (Lipinski definition) is 1. The van der Waals surface area contributed by atoms with Crippen LogP contribution < -0.4 is 5.73 Å². The van der Waals surface area contributed by atoms with Crippen LogP contribution in [-0.2, 0) is 0 Å². The maximum Gasteiger partial charge on any atom is 0.392 e. The second-order valence-corrected chi connectivity index (χ2v) is 5.18. The van der Waals surface area contributed by atoms with E-state index in [-0.39, 0.29) is 23.8 Å². The van der Waals surface area contributed by atoms with Gasteiger partial charge in [-0.05, 0) is 30.6 Å². The van der Waals surface area contributed by atoms with Crippen LogP contribution in [0.3, 0.4) is 0 Å². The van der Waals surface area contributed by atoms with Gasteiger partial charge in [-0.15, -0.1) is 0 Å². The molecule has 90 valence electrons. The maximum atomic E-state index is 12.9. The van der Waals surface area contributed by atoms with Gasteiger partial charge >= 0.3 is 6.18 Å². The molecule has 0 aromatic rings. The Labute approximate surface area is 89.2 Å². The lowest BCUT2D eigenvalue weighted by Crippen LogP contribution is -2.46. The molecule has 1 nitrogen and oxygen atoms in total. The van der Waals surface area contributed by atoms with E-state index in [2.05, 4.69) is 0 Å². The van der Waals surface area contributed by atoms with Crippen molar-refractivity contribution in [1.82, 2.24) is 0 Å². The molecule has 0 aromatic heterocycles. The summed E-state index contributed by atoms with van der Waals surface area (Å²) in [6.45, 7) is 5.38. The summed E-state index contributed by atoms with van der Waals surface area (Å²) in [6.07, 6.45) is -3.08. The lowest BCUT2D eigenvalue weighted by Gasteiger charge is -2.42. The first-order valence-electron chi connectivity index (χ1n) is 5.55. The van der Waals surface area contributed by atoms with Gasteiger partial charge in [0.2, 0.25) is 0 Å². The third-order valence-electron chi connectivity index (χ3n) is 3.56. The highest BCUT2D eigenvalue weighted by atomic mass is 19.4. The molecule has 0 spiro atoms. The zero-order chi connectivity index (χ0) is 11.8. The molecule has 1 rings (SSSR count). The summed E-state index contributed by atoms with van der Waals surface area (Å²) in [5.74, 6) is -1.78. The third-order valence-corrected chi connectivity index (χ3v) is 3.56. The smallest absolute Gasteiger partial charge is 0.328 e. The molecule has 0 radical (unpaired) electrons. The van der Waals surface area contributed by atoms with E-state index in [9.17, 15) is 13.2 Å². The monoisotopic (exact) mass is 223 g/mol. The molecule has 4 heteroatoms. The minimum absolute atomic E-state index is 0.0467. The summed E-state index contributed by atoms with van der Waals surface area (Å²) in [5.41, 5.74) is 5.79. The van der Waals surface area contributed by atoms with Gasteiger partial charge < -0.3 is 5.73 Å². The molecular weight excluding hydrogens is 203 g/mol. The largest absolute Gasteiger partial charge is 0.392 e. The average Bonchev–Trinajstić information content (AvgIpc) is 1.99. The number of nitrogens with two attached hydrogens (primary N) is 1. The highest BCUT2D eigenvalue weighted by molar-refractivity contribution is 4.90. The first-order valence-corrected chi connectivity index (χ1v) is 5.55. The van der Waals surface area contributed by atoms with E-state index in [1.54, 1.807) is 6.92 Å². The van der Waals surface area contributed by atoms with Gasteiger partial charge in [-0.1, -0.05) is 20.8 Å². The summed E-state index contributed by atoms with van der Waals surface area (Å²) in [7, 11) is 0. The predicted molar refractivity (Wildman–Crippen MR) is 54.2 cm³/mol. The van der Waals surface area contributed by atoms with E-state index in [0.29, 0.717) is 12.8 Å². The van der Waals surface area contributed by atoms with Crippen molar-refractivity contribution in [2.75, 3.05) is 0 Å². The second-order valence-electron chi connectivity index (χ2n) is 5.18. The van der Waals surface area contributed by atoms with Crippen molar-refractivity contribution in [2.45, 2.75) is 45.8 Å².